The van der Waals surface area contributed by atoms with Crippen LogP contribution < -0.4 is 4.90 Å². The minimum atomic E-state index is -0.0372. The molecule has 0 saturated carbocycles. The van der Waals surface area contributed by atoms with Gasteiger partial charge in [-0.2, -0.15) is 0 Å². The standard InChI is InChI=1S/C14H25N3O/c1-6-7-17(11(4)5)13-8-15-14(10(2)3)16-12(13)9-18/h8,10-11,18H,6-7,9H2,1-5H3. The predicted molar refractivity (Wildman–Crippen MR) is 74.8 cm³/mol. The highest BCUT2D eigenvalue weighted by atomic mass is 16.3. The van der Waals surface area contributed by atoms with E-state index in [1.54, 1.807) is 0 Å². The van der Waals surface area contributed by atoms with Crippen molar-refractivity contribution in [3.05, 3.63) is 17.7 Å². The van der Waals surface area contributed by atoms with Crippen LogP contribution in [0.5, 0.6) is 0 Å². The minimum Gasteiger partial charge on any atom is -0.390 e. The van der Waals surface area contributed by atoms with E-state index in [1.807, 2.05) is 6.20 Å². The van der Waals surface area contributed by atoms with Crippen LogP contribution in [0, 0.1) is 0 Å². The summed E-state index contributed by atoms with van der Waals surface area (Å²) in [4.78, 5) is 11.1. The third kappa shape index (κ3) is 3.42. The van der Waals surface area contributed by atoms with Crippen molar-refractivity contribution >= 4 is 5.69 Å². The number of rotatable bonds is 6. The van der Waals surface area contributed by atoms with E-state index in [-0.39, 0.29) is 12.5 Å². The lowest BCUT2D eigenvalue weighted by atomic mass is 10.2. The Morgan fingerprint density at radius 1 is 1.28 bits per heavy atom. The van der Waals surface area contributed by atoms with E-state index >= 15 is 0 Å². The molecule has 0 fully saturated rings. The zero-order chi connectivity index (χ0) is 13.7. The van der Waals surface area contributed by atoms with Gasteiger partial charge in [-0.25, -0.2) is 9.97 Å². The van der Waals surface area contributed by atoms with E-state index in [1.165, 1.54) is 0 Å². The highest BCUT2D eigenvalue weighted by molar-refractivity contribution is 5.49. The van der Waals surface area contributed by atoms with E-state index in [0.29, 0.717) is 6.04 Å². The number of aliphatic hydroxyl groups excluding tert-OH is 1. The predicted octanol–water partition coefficient (Wildman–Crippen LogP) is 2.72. The number of aromatic nitrogens is 2. The molecule has 1 aromatic heterocycles. The van der Waals surface area contributed by atoms with Gasteiger partial charge in [0.25, 0.3) is 0 Å². The van der Waals surface area contributed by atoms with Crippen molar-refractivity contribution in [3.8, 4) is 0 Å². The van der Waals surface area contributed by atoms with E-state index in [0.717, 1.165) is 30.2 Å². The molecule has 0 unspecified atom stereocenters. The number of aliphatic hydroxyl groups is 1. The van der Waals surface area contributed by atoms with Crippen LogP contribution in [-0.4, -0.2) is 27.7 Å². The Balaban J connectivity index is 3.13. The fourth-order valence-corrected chi connectivity index (χ4v) is 1.96. The Hall–Kier alpha value is -1.16. The second kappa shape index (κ2) is 6.69. The topological polar surface area (TPSA) is 49.2 Å². The Bertz CT molecular complexity index is 377. The van der Waals surface area contributed by atoms with Crippen molar-refractivity contribution in [1.82, 2.24) is 9.97 Å². The van der Waals surface area contributed by atoms with Gasteiger partial charge in [-0.05, 0) is 20.3 Å². The first kappa shape index (κ1) is 14.9. The van der Waals surface area contributed by atoms with Crippen molar-refractivity contribution in [2.75, 3.05) is 11.4 Å². The molecule has 18 heavy (non-hydrogen) atoms. The van der Waals surface area contributed by atoms with Crippen LogP contribution in [-0.2, 0) is 6.61 Å². The highest BCUT2D eigenvalue weighted by Crippen LogP contribution is 2.22. The Labute approximate surface area is 110 Å². The summed E-state index contributed by atoms with van der Waals surface area (Å²) in [5, 5.41) is 9.51. The first-order chi connectivity index (χ1) is 8.51. The molecule has 0 amide bonds. The number of hydrogen-bond acceptors (Lipinski definition) is 4. The third-order valence-electron chi connectivity index (χ3n) is 2.93. The van der Waals surface area contributed by atoms with Crippen LogP contribution in [0.4, 0.5) is 5.69 Å². The molecule has 1 heterocycles. The summed E-state index contributed by atoms with van der Waals surface area (Å²) in [6.45, 7) is 11.5. The van der Waals surface area contributed by atoms with Gasteiger partial charge >= 0.3 is 0 Å². The van der Waals surface area contributed by atoms with Gasteiger partial charge in [-0.15, -0.1) is 0 Å². The van der Waals surface area contributed by atoms with Crippen LogP contribution in [0.3, 0.4) is 0 Å². The van der Waals surface area contributed by atoms with Crippen LogP contribution in [0.1, 0.15) is 58.5 Å². The maximum atomic E-state index is 9.51. The summed E-state index contributed by atoms with van der Waals surface area (Å²) in [5.74, 6) is 1.08. The molecular weight excluding hydrogens is 226 g/mol. The Morgan fingerprint density at radius 2 is 1.94 bits per heavy atom. The second-order valence-electron chi connectivity index (χ2n) is 5.16. The molecule has 0 aromatic carbocycles. The molecule has 1 aromatic rings. The summed E-state index contributed by atoms with van der Waals surface area (Å²) >= 11 is 0. The van der Waals surface area contributed by atoms with Crippen molar-refractivity contribution in [2.24, 2.45) is 0 Å². The lowest BCUT2D eigenvalue weighted by Gasteiger charge is -2.29. The fourth-order valence-electron chi connectivity index (χ4n) is 1.96. The zero-order valence-corrected chi connectivity index (χ0v) is 12.1. The van der Waals surface area contributed by atoms with Crippen molar-refractivity contribution in [2.45, 2.75) is 59.6 Å². The maximum absolute atomic E-state index is 9.51. The van der Waals surface area contributed by atoms with E-state index < -0.39 is 0 Å². The van der Waals surface area contributed by atoms with Gasteiger partial charge in [0.05, 0.1) is 24.2 Å². The van der Waals surface area contributed by atoms with Gasteiger partial charge < -0.3 is 10.0 Å². The molecule has 0 radical (unpaired) electrons. The summed E-state index contributed by atoms with van der Waals surface area (Å²) in [6.07, 6.45) is 2.92. The Morgan fingerprint density at radius 3 is 2.39 bits per heavy atom. The lowest BCUT2D eigenvalue weighted by Crippen LogP contribution is -2.33. The Kier molecular flexibility index (Phi) is 5.54. The molecule has 4 nitrogen and oxygen atoms in total. The van der Waals surface area contributed by atoms with Crippen LogP contribution in [0.15, 0.2) is 6.20 Å². The van der Waals surface area contributed by atoms with E-state index in [4.69, 9.17) is 0 Å². The lowest BCUT2D eigenvalue weighted by molar-refractivity contribution is 0.276. The average Bonchev–Trinajstić information content (AvgIpc) is 2.34. The highest BCUT2D eigenvalue weighted by Gasteiger charge is 2.16. The smallest absolute Gasteiger partial charge is 0.131 e. The molecule has 0 saturated heterocycles. The summed E-state index contributed by atoms with van der Waals surface area (Å²) in [5.41, 5.74) is 1.69. The van der Waals surface area contributed by atoms with Gasteiger partial charge in [0, 0.05) is 18.5 Å². The zero-order valence-electron chi connectivity index (χ0n) is 12.1. The molecule has 1 rings (SSSR count). The second-order valence-corrected chi connectivity index (χ2v) is 5.16. The molecule has 0 aliphatic carbocycles. The van der Waals surface area contributed by atoms with Gasteiger partial charge in [0.2, 0.25) is 0 Å². The average molecular weight is 251 g/mol. The molecular formula is C14H25N3O. The van der Waals surface area contributed by atoms with Crippen LogP contribution >= 0.6 is 0 Å². The van der Waals surface area contributed by atoms with E-state index in [2.05, 4.69) is 49.5 Å². The number of hydrogen-bond donors (Lipinski definition) is 1. The summed E-state index contributed by atoms with van der Waals surface area (Å²) in [6, 6.07) is 0.378. The van der Waals surface area contributed by atoms with Gasteiger partial charge in [-0.3, -0.25) is 0 Å². The van der Waals surface area contributed by atoms with E-state index in [9.17, 15) is 5.11 Å². The molecule has 102 valence electrons. The molecule has 0 bridgehead atoms. The maximum Gasteiger partial charge on any atom is 0.131 e. The van der Waals surface area contributed by atoms with Gasteiger partial charge in [0.15, 0.2) is 0 Å². The van der Waals surface area contributed by atoms with Gasteiger partial charge in [0.1, 0.15) is 5.82 Å². The van der Waals surface area contributed by atoms with Gasteiger partial charge in [-0.1, -0.05) is 20.8 Å². The third-order valence-corrected chi connectivity index (χ3v) is 2.93. The first-order valence-corrected chi connectivity index (χ1v) is 6.74. The molecule has 0 aliphatic rings. The van der Waals surface area contributed by atoms with Crippen LogP contribution in [0.25, 0.3) is 0 Å². The molecule has 1 N–H and O–H groups in total. The number of nitrogens with zero attached hydrogens (tertiary/aromatic N) is 3. The first-order valence-electron chi connectivity index (χ1n) is 6.74. The summed E-state index contributed by atoms with van der Waals surface area (Å²) in [7, 11) is 0. The van der Waals surface area contributed by atoms with Crippen LogP contribution in [0.2, 0.25) is 0 Å². The normalized spacial score (nSPS) is 11.3. The largest absolute Gasteiger partial charge is 0.390 e. The molecule has 0 aliphatic heterocycles. The minimum absolute atomic E-state index is 0.0372. The fraction of sp³-hybridized carbons (Fsp3) is 0.714. The quantitative estimate of drug-likeness (QED) is 0.844. The van der Waals surface area contributed by atoms with Crippen molar-refractivity contribution in [3.63, 3.8) is 0 Å². The summed E-state index contributed by atoms with van der Waals surface area (Å²) < 4.78 is 0. The van der Waals surface area contributed by atoms with Crippen molar-refractivity contribution < 1.29 is 5.11 Å². The molecule has 0 atom stereocenters. The SMILES string of the molecule is CCCN(c1cnc(C(C)C)nc1CO)C(C)C. The molecule has 0 spiro atoms. The number of anilines is 1. The molecule has 4 heteroatoms. The van der Waals surface area contributed by atoms with Crippen molar-refractivity contribution in [1.29, 1.82) is 0 Å². The monoisotopic (exact) mass is 251 g/mol.